The summed E-state index contributed by atoms with van der Waals surface area (Å²) in [4.78, 5) is 31.0. The van der Waals surface area contributed by atoms with Crippen LogP contribution in [0.3, 0.4) is 0 Å². The Morgan fingerprint density at radius 3 is 2.60 bits per heavy atom. The molecule has 0 atom stereocenters. The molecule has 1 amide bonds. The van der Waals surface area contributed by atoms with E-state index in [0.717, 1.165) is 15.9 Å². The molecule has 0 aliphatic heterocycles. The van der Waals surface area contributed by atoms with E-state index in [2.05, 4.69) is 15.3 Å². The number of hydrogen-bond acceptors (Lipinski definition) is 6. The van der Waals surface area contributed by atoms with Gasteiger partial charge >= 0.3 is 0 Å². The van der Waals surface area contributed by atoms with Crippen molar-refractivity contribution >= 4 is 39.9 Å². The van der Waals surface area contributed by atoms with Gasteiger partial charge in [0.15, 0.2) is 0 Å². The van der Waals surface area contributed by atoms with Crippen LogP contribution in [0.15, 0.2) is 53.6 Å². The number of thioether (sulfide) groups is 1. The second-order valence-electron chi connectivity index (χ2n) is 5.23. The minimum Gasteiger partial charge on any atom is -0.325 e. The Hall–Kier alpha value is -3.00. The summed E-state index contributed by atoms with van der Waals surface area (Å²) < 4.78 is 0. The molecule has 25 heavy (non-hydrogen) atoms. The Bertz CT molecular complexity index is 944. The first-order chi connectivity index (χ1) is 12.0. The minimum atomic E-state index is -0.482. The quantitative estimate of drug-likeness (QED) is 0.325. The maximum absolute atomic E-state index is 12.1. The number of benzene rings is 2. The fourth-order valence-electron chi connectivity index (χ4n) is 2.27. The highest BCUT2D eigenvalue weighted by Crippen LogP contribution is 2.25. The number of nitrogens with zero attached hydrogens (tertiary/aromatic N) is 3. The highest BCUT2D eigenvalue weighted by Gasteiger charge is 2.10. The van der Waals surface area contributed by atoms with Crippen molar-refractivity contribution in [3.63, 3.8) is 0 Å². The smallest absolute Gasteiger partial charge is 0.269 e. The number of rotatable bonds is 5. The maximum atomic E-state index is 12.1. The van der Waals surface area contributed by atoms with Crippen LogP contribution < -0.4 is 5.32 Å². The molecule has 0 saturated carbocycles. The third-order valence-corrected chi connectivity index (χ3v) is 4.37. The van der Waals surface area contributed by atoms with Crippen molar-refractivity contribution in [1.29, 1.82) is 0 Å². The number of anilines is 1. The van der Waals surface area contributed by atoms with E-state index in [1.54, 1.807) is 0 Å². The van der Waals surface area contributed by atoms with Crippen LogP contribution >= 0.6 is 11.8 Å². The number of carbonyl (C=O) groups excluding carboxylic acids is 1. The summed E-state index contributed by atoms with van der Waals surface area (Å²) in [5.74, 6) is 0.619. The Balaban J connectivity index is 1.67. The lowest BCUT2D eigenvalue weighted by Gasteiger charge is -2.07. The van der Waals surface area contributed by atoms with Gasteiger partial charge in [-0.25, -0.2) is 9.97 Å². The van der Waals surface area contributed by atoms with Gasteiger partial charge < -0.3 is 5.32 Å². The molecule has 0 bridgehead atoms. The van der Waals surface area contributed by atoms with E-state index in [0.29, 0.717) is 11.5 Å². The average Bonchev–Trinajstić information content (AvgIpc) is 2.60. The molecular weight excluding hydrogens is 340 g/mol. The molecule has 3 rings (SSSR count). The van der Waals surface area contributed by atoms with Gasteiger partial charge in [0.2, 0.25) is 5.91 Å². The number of hydrogen-bond donors (Lipinski definition) is 1. The van der Waals surface area contributed by atoms with Crippen molar-refractivity contribution in [2.75, 3.05) is 11.1 Å². The van der Waals surface area contributed by atoms with Crippen molar-refractivity contribution < 1.29 is 9.72 Å². The standard InChI is InChI=1S/C17H14N4O3S/c1-11-18-15-5-3-2-4-14(15)17(19-11)25-10-16(22)20-12-6-8-13(9-7-12)21(23)24/h2-9H,10H2,1H3,(H,20,22). The number of aryl methyl sites for hydroxylation is 1. The highest BCUT2D eigenvalue weighted by molar-refractivity contribution is 8.00. The number of nitrogens with one attached hydrogen (secondary N) is 1. The van der Waals surface area contributed by atoms with E-state index in [9.17, 15) is 14.9 Å². The Labute approximate surface area is 147 Å². The van der Waals surface area contributed by atoms with E-state index < -0.39 is 4.92 Å². The summed E-state index contributed by atoms with van der Waals surface area (Å²) in [5.41, 5.74) is 1.34. The summed E-state index contributed by atoms with van der Waals surface area (Å²) >= 11 is 1.33. The molecule has 1 N–H and O–H groups in total. The number of aromatic nitrogens is 2. The number of nitro benzene ring substituents is 1. The van der Waals surface area contributed by atoms with Crippen molar-refractivity contribution in [1.82, 2.24) is 9.97 Å². The van der Waals surface area contributed by atoms with Gasteiger partial charge in [-0.2, -0.15) is 0 Å². The molecule has 0 aliphatic rings. The summed E-state index contributed by atoms with van der Waals surface area (Å²) in [6.45, 7) is 1.81. The van der Waals surface area contributed by atoms with Crippen LogP contribution in [-0.4, -0.2) is 26.6 Å². The lowest BCUT2D eigenvalue weighted by Crippen LogP contribution is -2.14. The molecule has 0 radical (unpaired) electrons. The first-order valence-electron chi connectivity index (χ1n) is 7.43. The van der Waals surface area contributed by atoms with Crippen molar-refractivity contribution in [3.8, 4) is 0 Å². The molecule has 7 nitrogen and oxygen atoms in total. The van der Waals surface area contributed by atoms with Gasteiger partial charge in [0.25, 0.3) is 5.69 Å². The number of amides is 1. The summed E-state index contributed by atoms with van der Waals surface area (Å²) in [6, 6.07) is 13.4. The highest BCUT2D eigenvalue weighted by atomic mass is 32.2. The molecule has 3 aromatic rings. The van der Waals surface area contributed by atoms with E-state index in [-0.39, 0.29) is 17.3 Å². The number of carbonyl (C=O) groups is 1. The number of nitro groups is 1. The summed E-state index contributed by atoms with van der Waals surface area (Å²) in [6.07, 6.45) is 0. The monoisotopic (exact) mass is 354 g/mol. The van der Waals surface area contributed by atoms with Crippen LogP contribution in [0.25, 0.3) is 10.9 Å². The molecule has 126 valence electrons. The van der Waals surface area contributed by atoms with Crippen LogP contribution in [0, 0.1) is 17.0 Å². The van der Waals surface area contributed by atoms with Gasteiger partial charge in [-0.05, 0) is 25.1 Å². The zero-order valence-electron chi connectivity index (χ0n) is 13.3. The number of fused-ring (bicyclic) bond motifs is 1. The molecule has 0 spiro atoms. The third kappa shape index (κ3) is 4.10. The van der Waals surface area contributed by atoms with Gasteiger partial charge in [0, 0.05) is 23.2 Å². The molecule has 0 unspecified atom stereocenters. The Morgan fingerprint density at radius 2 is 1.88 bits per heavy atom. The fourth-order valence-corrected chi connectivity index (χ4v) is 3.13. The topological polar surface area (TPSA) is 98.0 Å². The van der Waals surface area contributed by atoms with Crippen LogP contribution in [0.2, 0.25) is 0 Å². The molecular formula is C17H14N4O3S. The van der Waals surface area contributed by atoms with Gasteiger partial charge in [0.05, 0.1) is 16.2 Å². The first-order valence-corrected chi connectivity index (χ1v) is 8.42. The lowest BCUT2D eigenvalue weighted by atomic mass is 10.2. The predicted molar refractivity (Wildman–Crippen MR) is 96.7 cm³/mol. The van der Waals surface area contributed by atoms with Crippen LogP contribution in [0.1, 0.15) is 5.82 Å². The Morgan fingerprint density at radius 1 is 1.16 bits per heavy atom. The van der Waals surface area contributed by atoms with Crippen molar-refractivity contribution in [3.05, 3.63) is 64.5 Å². The van der Waals surface area contributed by atoms with E-state index in [4.69, 9.17) is 0 Å². The fraction of sp³-hybridized carbons (Fsp3) is 0.118. The van der Waals surface area contributed by atoms with Crippen LogP contribution in [0.5, 0.6) is 0 Å². The van der Waals surface area contributed by atoms with Gasteiger partial charge in [-0.3, -0.25) is 14.9 Å². The molecule has 1 aromatic heterocycles. The van der Waals surface area contributed by atoms with E-state index in [1.165, 1.54) is 36.0 Å². The summed E-state index contributed by atoms with van der Waals surface area (Å²) in [7, 11) is 0. The SMILES string of the molecule is Cc1nc(SCC(=O)Nc2ccc([N+](=O)[O-])cc2)c2ccccc2n1. The van der Waals surface area contributed by atoms with E-state index >= 15 is 0 Å². The molecule has 8 heteroatoms. The minimum absolute atomic E-state index is 0.0182. The summed E-state index contributed by atoms with van der Waals surface area (Å²) in [5, 5.41) is 15.0. The number of para-hydroxylation sites is 1. The van der Waals surface area contributed by atoms with Gasteiger partial charge in [-0.15, -0.1) is 0 Å². The van der Waals surface area contributed by atoms with Crippen LogP contribution in [0.4, 0.5) is 11.4 Å². The zero-order valence-corrected chi connectivity index (χ0v) is 14.1. The molecule has 0 aliphatic carbocycles. The average molecular weight is 354 g/mol. The molecule has 0 saturated heterocycles. The van der Waals surface area contributed by atoms with Crippen molar-refractivity contribution in [2.45, 2.75) is 11.9 Å². The first kappa shape index (κ1) is 16.8. The van der Waals surface area contributed by atoms with E-state index in [1.807, 2.05) is 31.2 Å². The second kappa shape index (κ2) is 7.27. The van der Waals surface area contributed by atoms with Gasteiger partial charge in [-0.1, -0.05) is 30.0 Å². The Kier molecular flexibility index (Phi) is 4.90. The lowest BCUT2D eigenvalue weighted by molar-refractivity contribution is -0.384. The zero-order chi connectivity index (χ0) is 17.8. The molecule has 0 fully saturated rings. The normalized spacial score (nSPS) is 10.6. The van der Waals surface area contributed by atoms with Crippen molar-refractivity contribution in [2.24, 2.45) is 0 Å². The predicted octanol–water partition coefficient (Wildman–Crippen LogP) is 3.58. The second-order valence-corrected chi connectivity index (χ2v) is 6.20. The largest absolute Gasteiger partial charge is 0.325 e. The maximum Gasteiger partial charge on any atom is 0.269 e. The molecule has 1 heterocycles. The molecule has 2 aromatic carbocycles. The van der Waals surface area contributed by atoms with Gasteiger partial charge in [0.1, 0.15) is 10.9 Å². The van der Waals surface area contributed by atoms with Crippen LogP contribution in [-0.2, 0) is 4.79 Å². The number of non-ortho nitro benzene ring substituents is 1. The third-order valence-electron chi connectivity index (χ3n) is 3.38.